The van der Waals surface area contributed by atoms with Crippen LogP contribution in [-0.4, -0.2) is 27.9 Å². The zero-order valence-corrected chi connectivity index (χ0v) is 19.8. The van der Waals surface area contributed by atoms with Crippen LogP contribution >= 0.6 is 11.6 Å². The molecule has 0 spiro atoms. The number of fused-ring (bicyclic) bond motifs is 3. The number of nitrogens with zero attached hydrogens (tertiary/aromatic N) is 2. The number of aryl methyl sites for hydroxylation is 1. The van der Waals surface area contributed by atoms with Crippen molar-refractivity contribution in [2.45, 2.75) is 12.2 Å². The highest BCUT2D eigenvalue weighted by Gasteiger charge is 2.38. The van der Waals surface area contributed by atoms with Crippen LogP contribution in [0.2, 0.25) is 5.02 Å². The molecule has 1 aromatic heterocycles. The van der Waals surface area contributed by atoms with Crippen LogP contribution in [0.1, 0.15) is 53.9 Å². The van der Waals surface area contributed by atoms with Crippen molar-refractivity contribution in [1.29, 1.82) is 0 Å². The van der Waals surface area contributed by atoms with Crippen molar-refractivity contribution >= 4 is 46.3 Å². The Morgan fingerprint density at radius 2 is 1.87 bits per heavy atom. The lowest BCUT2D eigenvalue weighted by atomic mass is 9.94. The molecule has 2 amide bonds. The van der Waals surface area contributed by atoms with Gasteiger partial charge in [-0.05, 0) is 42.5 Å². The molecule has 1 aliphatic heterocycles. The molecule has 0 bridgehead atoms. The van der Waals surface area contributed by atoms with Crippen molar-refractivity contribution in [3.63, 3.8) is 0 Å². The number of anilines is 1. The molecule has 2 N–H and O–H groups in total. The topological polar surface area (TPSA) is 93.1 Å². The highest BCUT2D eigenvalue weighted by molar-refractivity contribution is 6.31. The van der Waals surface area contributed by atoms with E-state index in [0.717, 1.165) is 12.1 Å². The predicted molar refractivity (Wildman–Crippen MR) is 126 cm³/mol. The third-order valence-electron chi connectivity index (χ3n) is 6.12. The summed E-state index contributed by atoms with van der Waals surface area (Å²) >= 11 is 6.27. The number of alkyl halides is 3. The number of hydrogen-bond donors (Lipinski definition) is 2. The number of rotatable bonds is 4. The van der Waals surface area contributed by atoms with Gasteiger partial charge in [-0.15, -0.1) is 0 Å². The predicted octanol–water partition coefficient (Wildman–Crippen LogP) is 5.42. The maximum absolute atomic E-state index is 14.1. The minimum atomic E-state index is -4.92. The van der Waals surface area contributed by atoms with Gasteiger partial charge in [-0.2, -0.15) is 18.3 Å². The molecule has 13 heteroatoms. The first-order valence-electron chi connectivity index (χ1n) is 10.8. The molecule has 0 saturated carbocycles. The van der Waals surface area contributed by atoms with Gasteiger partial charge in [-0.3, -0.25) is 19.1 Å². The molecule has 3 aromatic carbocycles. The van der Waals surface area contributed by atoms with Crippen molar-refractivity contribution in [3.8, 4) is 0 Å². The molecule has 4 aromatic rings. The lowest BCUT2D eigenvalue weighted by Crippen LogP contribution is -2.21. The van der Waals surface area contributed by atoms with Gasteiger partial charge in [0.1, 0.15) is 22.8 Å². The molecular formula is C25H14ClF5N4O3. The highest BCUT2D eigenvalue weighted by atomic mass is 35.5. The molecule has 2 heterocycles. The fourth-order valence-electron chi connectivity index (χ4n) is 4.46. The van der Waals surface area contributed by atoms with E-state index in [9.17, 15) is 36.3 Å². The minimum absolute atomic E-state index is 0.0449. The Kier molecular flexibility index (Phi) is 5.94. The van der Waals surface area contributed by atoms with Crippen LogP contribution in [0.15, 0.2) is 42.5 Å². The van der Waals surface area contributed by atoms with Crippen molar-refractivity contribution in [2.24, 2.45) is 7.05 Å². The average molecular weight is 549 g/mol. The molecule has 1 atom stereocenters. The van der Waals surface area contributed by atoms with Crippen molar-refractivity contribution < 1.29 is 36.3 Å². The molecule has 0 fully saturated rings. The van der Waals surface area contributed by atoms with Gasteiger partial charge >= 0.3 is 6.18 Å². The molecule has 7 nitrogen and oxygen atoms in total. The van der Waals surface area contributed by atoms with E-state index in [1.54, 1.807) is 0 Å². The van der Waals surface area contributed by atoms with Crippen molar-refractivity contribution in [2.75, 3.05) is 5.32 Å². The fraction of sp³-hybridized carbons (Fsp3) is 0.120. The molecule has 1 unspecified atom stereocenters. The van der Waals surface area contributed by atoms with E-state index in [0.29, 0.717) is 18.4 Å². The van der Waals surface area contributed by atoms with E-state index in [2.05, 4.69) is 15.7 Å². The molecule has 38 heavy (non-hydrogen) atoms. The van der Waals surface area contributed by atoms with Gasteiger partial charge in [0.05, 0.1) is 17.2 Å². The quantitative estimate of drug-likeness (QED) is 0.263. The fourth-order valence-corrected chi connectivity index (χ4v) is 4.69. The lowest BCUT2D eigenvalue weighted by molar-refractivity contribution is -0.137. The van der Waals surface area contributed by atoms with E-state index in [4.69, 9.17) is 11.6 Å². The molecule has 0 saturated heterocycles. The Hall–Kier alpha value is -4.32. The number of nitrogens with one attached hydrogen (secondary N) is 2. The second-order valence-corrected chi connectivity index (χ2v) is 8.90. The summed E-state index contributed by atoms with van der Waals surface area (Å²) in [6.07, 6.45) is -4.44. The Labute approximate surface area is 215 Å². The number of amides is 2. The molecule has 5 rings (SSSR count). The van der Waals surface area contributed by atoms with Crippen LogP contribution in [-0.2, 0) is 13.2 Å². The highest BCUT2D eigenvalue weighted by Crippen LogP contribution is 2.43. The SMILES string of the molecule is Cn1nc2c3c(c(NC(=O)c4cc(F)cc(C(F)(F)F)c4)cc2c1C=O)C(c1cc(F)ccc1Cl)NC3=O. The first-order valence-corrected chi connectivity index (χ1v) is 11.2. The van der Waals surface area contributed by atoms with Gasteiger partial charge in [0, 0.05) is 39.8 Å². The van der Waals surface area contributed by atoms with E-state index < -0.39 is 46.8 Å². The molecule has 194 valence electrons. The summed E-state index contributed by atoms with van der Waals surface area (Å²) in [4.78, 5) is 37.9. The molecule has 1 aliphatic rings. The van der Waals surface area contributed by atoms with Crippen LogP contribution in [0.25, 0.3) is 10.9 Å². The summed E-state index contributed by atoms with van der Waals surface area (Å²) in [5.41, 5.74) is -1.82. The minimum Gasteiger partial charge on any atom is -0.341 e. The number of halogens is 6. The maximum Gasteiger partial charge on any atom is 0.416 e. The third kappa shape index (κ3) is 4.16. The average Bonchev–Trinajstić information content (AvgIpc) is 3.35. The van der Waals surface area contributed by atoms with E-state index >= 15 is 0 Å². The van der Waals surface area contributed by atoms with Crippen LogP contribution in [0.3, 0.4) is 0 Å². The third-order valence-corrected chi connectivity index (χ3v) is 6.47. The van der Waals surface area contributed by atoms with Gasteiger partial charge < -0.3 is 10.6 Å². The van der Waals surface area contributed by atoms with Gasteiger partial charge in [0.15, 0.2) is 6.29 Å². The Morgan fingerprint density at radius 3 is 2.55 bits per heavy atom. The Balaban J connectivity index is 1.72. The van der Waals surface area contributed by atoms with Crippen LogP contribution in [0.5, 0.6) is 0 Å². The number of benzene rings is 3. The second-order valence-electron chi connectivity index (χ2n) is 8.49. The molecular weight excluding hydrogens is 535 g/mol. The van der Waals surface area contributed by atoms with Gasteiger partial charge in [-0.1, -0.05) is 11.6 Å². The summed E-state index contributed by atoms with van der Waals surface area (Å²) in [5, 5.41) is 9.54. The van der Waals surface area contributed by atoms with E-state index in [1.807, 2.05) is 0 Å². The van der Waals surface area contributed by atoms with Gasteiger partial charge in [0.2, 0.25) is 0 Å². The number of carbonyl (C=O) groups excluding carboxylic acids is 3. The zero-order chi connectivity index (χ0) is 27.5. The van der Waals surface area contributed by atoms with Gasteiger partial charge in [0.25, 0.3) is 11.8 Å². The number of aromatic nitrogens is 2. The second kappa shape index (κ2) is 8.91. The van der Waals surface area contributed by atoms with Crippen molar-refractivity contribution in [1.82, 2.24) is 15.1 Å². The number of aldehydes is 1. The van der Waals surface area contributed by atoms with E-state index in [1.165, 1.54) is 23.9 Å². The monoisotopic (exact) mass is 548 g/mol. The smallest absolute Gasteiger partial charge is 0.341 e. The number of hydrogen-bond acceptors (Lipinski definition) is 4. The van der Waals surface area contributed by atoms with Gasteiger partial charge in [-0.25, -0.2) is 8.78 Å². The summed E-state index contributed by atoms with van der Waals surface area (Å²) in [5.74, 6) is -3.76. The summed E-state index contributed by atoms with van der Waals surface area (Å²) in [6.45, 7) is 0. The first kappa shape index (κ1) is 25.3. The first-order chi connectivity index (χ1) is 17.9. The zero-order valence-electron chi connectivity index (χ0n) is 19.1. The summed E-state index contributed by atoms with van der Waals surface area (Å²) < 4.78 is 68.9. The van der Waals surface area contributed by atoms with Crippen LogP contribution < -0.4 is 10.6 Å². The van der Waals surface area contributed by atoms with Crippen molar-refractivity contribution in [3.05, 3.63) is 92.6 Å². The maximum atomic E-state index is 14.1. The van der Waals surface area contributed by atoms with E-state index in [-0.39, 0.29) is 50.1 Å². The number of carbonyl (C=O) groups is 3. The Morgan fingerprint density at radius 1 is 1.13 bits per heavy atom. The lowest BCUT2D eigenvalue weighted by Gasteiger charge is -2.18. The summed E-state index contributed by atoms with van der Waals surface area (Å²) in [6, 6.07) is 5.01. The summed E-state index contributed by atoms with van der Waals surface area (Å²) in [7, 11) is 1.45. The standard InChI is InChI=1S/C25H14ClF5N4O3/c1-35-18(9-36)15-8-17(32-23(37)10-4-11(25(29,30)31)6-13(28)5-10)19-20(22(15)34-35)24(38)33-21(19)14-7-12(27)2-3-16(14)26/h2-9,21H,1H3,(H,32,37)(H,33,38). The van der Waals surface area contributed by atoms with Crippen LogP contribution in [0.4, 0.5) is 27.6 Å². The Bertz CT molecular complexity index is 1680. The van der Waals surface area contributed by atoms with Crippen LogP contribution in [0, 0.1) is 11.6 Å². The normalized spacial score (nSPS) is 14.9. The largest absolute Gasteiger partial charge is 0.416 e. The molecule has 0 radical (unpaired) electrons. The molecule has 0 aliphatic carbocycles.